The summed E-state index contributed by atoms with van der Waals surface area (Å²) >= 11 is 2.11. The van der Waals surface area contributed by atoms with Crippen molar-refractivity contribution < 1.29 is 4.79 Å². The maximum atomic E-state index is 10.9. The van der Waals surface area contributed by atoms with Crippen LogP contribution in [-0.4, -0.2) is 15.7 Å². The highest BCUT2D eigenvalue weighted by Gasteiger charge is 2.01. The van der Waals surface area contributed by atoms with Crippen LogP contribution in [0.5, 0.6) is 0 Å². The van der Waals surface area contributed by atoms with Gasteiger partial charge in [0.1, 0.15) is 0 Å². The van der Waals surface area contributed by atoms with Crippen LogP contribution in [0.25, 0.3) is 0 Å². The molecule has 0 amide bonds. The monoisotopic (exact) mass is 250 g/mol. The van der Waals surface area contributed by atoms with Crippen LogP contribution in [0.1, 0.15) is 18.1 Å². The maximum absolute atomic E-state index is 10.9. The molecule has 1 heterocycles. The topological polar surface area (TPSA) is 34.9 Å². The predicted molar refractivity (Wildman–Crippen MR) is 45.9 cm³/mol. The summed E-state index contributed by atoms with van der Waals surface area (Å²) in [5, 5.41) is 3.85. The van der Waals surface area contributed by atoms with Gasteiger partial charge in [0.05, 0.1) is 9.77 Å². The Morgan fingerprint density at radius 3 is 3.00 bits per heavy atom. The number of hydrogen-bond donors (Lipinski definition) is 0. The second-order valence-electron chi connectivity index (χ2n) is 1.85. The molecule has 0 unspecified atom stereocenters. The van der Waals surface area contributed by atoms with Crippen molar-refractivity contribution in [2.24, 2.45) is 0 Å². The Bertz CT molecular complexity index is 244. The number of hydrogen-bond acceptors (Lipinski definition) is 2. The van der Waals surface area contributed by atoms with Crippen LogP contribution in [0.2, 0.25) is 0 Å². The number of carbonyl (C=O) groups is 1. The number of aromatic nitrogens is 2. The summed E-state index contributed by atoms with van der Waals surface area (Å²) in [6.45, 7) is 1.82. The third-order valence-electron chi connectivity index (χ3n) is 1.11. The van der Waals surface area contributed by atoms with E-state index in [1.807, 2.05) is 6.92 Å². The summed E-state index contributed by atoms with van der Waals surface area (Å²) < 4.78 is 2.35. The van der Waals surface area contributed by atoms with Crippen molar-refractivity contribution in [3.05, 3.63) is 16.0 Å². The maximum Gasteiger partial charge on any atom is 0.246 e. The fourth-order valence-corrected chi connectivity index (χ4v) is 0.988. The van der Waals surface area contributed by atoms with E-state index < -0.39 is 0 Å². The molecule has 0 aliphatic heterocycles. The van der Waals surface area contributed by atoms with Gasteiger partial charge in [0.15, 0.2) is 0 Å². The van der Waals surface area contributed by atoms with E-state index in [-0.39, 0.29) is 5.91 Å². The Balaban J connectivity index is 2.85. The Kier molecular flexibility index (Phi) is 2.42. The summed E-state index contributed by atoms with van der Waals surface area (Å²) in [7, 11) is 0. The minimum Gasteiger partial charge on any atom is -0.273 e. The second kappa shape index (κ2) is 3.14. The van der Waals surface area contributed by atoms with Crippen LogP contribution < -0.4 is 0 Å². The van der Waals surface area contributed by atoms with E-state index in [2.05, 4.69) is 27.7 Å². The molecule has 0 bridgehead atoms. The normalized spacial score (nSPS) is 9.80. The van der Waals surface area contributed by atoms with Gasteiger partial charge in [-0.15, -0.1) is 0 Å². The molecule has 4 heteroatoms. The molecule has 0 radical (unpaired) electrons. The van der Waals surface area contributed by atoms with Gasteiger partial charge in [0.2, 0.25) is 5.91 Å². The molecule has 1 aromatic rings. The van der Waals surface area contributed by atoms with Gasteiger partial charge in [-0.25, -0.2) is 4.68 Å². The molecule has 0 spiro atoms. The zero-order valence-electron chi connectivity index (χ0n) is 5.54. The highest BCUT2D eigenvalue weighted by atomic mass is 127. The van der Waals surface area contributed by atoms with E-state index in [1.54, 1.807) is 12.4 Å². The quantitative estimate of drug-likeness (QED) is 0.708. The van der Waals surface area contributed by atoms with Crippen molar-refractivity contribution >= 4 is 28.5 Å². The molecule has 1 rings (SSSR count). The number of carbonyl (C=O) groups excluding carboxylic acids is 1. The van der Waals surface area contributed by atoms with Gasteiger partial charge in [-0.05, 0) is 22.6 Å². The lowest BCUT2D eigenvalue weighted by Crippen LogP contribution is -2.08. The average molecular weight is 250 g/mol. The average Bonchev–Trinajstić information content (AvgIpc) is 2.34. The molecule has 0 aliphatic rings. The summed E-state index contributed by atoms with van der Waals surface area (Å²) in [6, 6.07) is 0. The predicted octanol–water partition coefficient (Wildman–Crippen LogP) is 1.54. The molecule has 0 aliphatic carbocycles. The van der Waals surface area contributed by atoms with Crippen molar-refractivity contribution in [3.63, 3.8) is 0 Å². The van der Waals surface area contributed by atoms with Gasteiger partial charge in [-0.1, -0.05) is 6.92 Å². The van der Waals surface area contributed by atoms with Gasteiger partial charge in [-0.2, -0.15) is 5.10 Å². The van der Waals surface area contributed by atoms with Crippen LogP contribution in [0, 0.1) is 3.57 Å². The fraction of sp³-hybridized carbons (Fsp3) is 0.333. The molecule has 0 N–H and O–H groups in total. The standard InChI is InChI=1S/C6H7IN2O/c1-2-6(10)9-4-5(7)3-8-9/h3-4H,2H2,1H3. The van der Waals surface area contributed by atoms with Crippen LogP contribution in [0.3, 0.4) is 0 Å². The van der Waals surface area contributed by atoms with Gasteiger partial charge >= 0.3 is 0 Å². The minimum absolute atomic E-state index is 0.0305. The van der Waals surface area contributed by atoms with Crippen molar-refractivity contribution in [1.29, 1.82) is 0 Å². The molecule has 0 saturated carbocycles. The first-order valence-corrected chi connectivity index (χ1v) is 4.05. The summed E-state index contributed by atoms with van der Waals surface area (Å²) in [5.41, 5.74) is 0. The van der Waals surface area contributed by atoms with Gasteiger partial charge in [0, 0.05) is 12.6 Å². The van der Waals surface area contributed by atoms with Gasteiger partial charge < -0.3 is 0 Å². The van der Waals surface area contributed by atoms with E-state index in [0.29, 0.717) is 6.42 Å². The summed E-state index contributed by atoms with van der Waals surface area (Å²) in [5.74, 6) is 0.0305. The molecule has 54 valence electrons. The third kappa shape index (κ3) is 1.56. The highest BCUT2D eigenvalue weighted by Crippen LogP contribution is 2.01. The lowest BCUT2D eigenvalue weighted by Gasteiger charge is -1.92. The van der Waals surface area contributed by atoms with Crippen LogP contribution in [-0.2, 0) is 0 Å². The molecule has 3 nitrogen and oxygen atoms in total. The molecular formula is C6H7IN2O. The molecule has 0 saturated heterocycles. The van der Waals surface area contributed by atoms with Crippen molar-refractivity contribution in [3.8, 4) is 0 Å². The molecule has 0 atom stereocenters. The first-order chi connectivity index (χ1) is 4.74. The highest BCUT2D eigenvalue weighted by molar-refractivity contribution is 14.1. The first-order valence-electron chi connectivity index (χ1n) is 2.97. The molecule has 0 fully saturated rings. The van der Waals surface area contributed by atoms with Crippen LogP contribution in [0.15, 0.2) is 12.4 Å². The lowest BCUT2D eigenvalue weighted by atomic mass is 10.5. The zero-order chi connectivity index (χ0) is 7.56. The number of rotatable bonds is 1. The Hall–Kier alpha value is -0.390. The zero-order valence-corrected chi connectivity index (χ0v) is 7.70. The van der Waals surface area contributed by atoms with Gasteiger partial charge in [0.25, 0.3) is 0 Å². The SMILES string of the molecule is CCC(=O)n1cc(I)cn1. The van der Waals surface area contributed by atoms with E-state index in [0.717, 1.165) is 3.57 Å². The summed E-state index contributed by atoms with van der Waals surface area (Å²) in [6.07, 6.45) is 3.87. The largest absolute Gasteiger partial charge is 0.273 e. The van der Waals surface area contributed by atoms with Gasteiger partial charge in [-0.3, -0.25) is 4.79 Å². The number of halogens is 1. The minimum atomic E-state index is 0.0305. The molecule has 1 aromatic heterocycles. The first kappa shape index (κ1) is 7.71. The van der Waals surface area contributed by atoms with E-state index in [4.69, 9.17) is 0 Å². The molecule has 10 heavy (non-hydrogen) atoms. The van der Waals surface area contributed by atoms with Crippen molar-refractivity contribution in [2.45, 2.75) is 13.3 Å². The van der Waals surface area contributed by atoms with Crippen LogP contribution >= 0.6 is 22.6 Å². The van der Waals surface area contributed by atoms with E-state index in [1.165, 1.54) is 4.68 Å². The van der Waals surface area contributed by atoms with E-state index in [9.17, 15) is 4.79 Å². The lowest BCUT2D eigenvalue weighted by molar-refractivity contribution is 0.0893. The molecular weight excluding hydrogens is 243 g/mol. The summed E-state index contributed by atoms with van der Waals surface area (Å²) in [4.78, 5) is 10.9. The van der Waals surface area contributed by atoms with Crippen molar-refractivity contribution in [2.75, 3.05) is 0 Å². The molecule has 0 aromatic carbocycles. The number of nitrogens with zero attached hydrogens (tertiary/aromatic N) is 2. The Labute approximate surface area is 72.6 Å². The Morgan fingerprint density at radius 1 is 1.90 bits per heavy atom. The third-order valence-corrected chi connectivity index (χ3v) is 1.67. The van der Waals surface area contributed by atoms with Crippen molar-refractivity contribution in [1.82, 2.24) is 9.78 Å². The van der Waals surface area contributed by atoms with Crippen LogP contribution in [0.4, 0.5) is 0 Å². The Morgan fingerprint density at radius 2 is 2.60 bits per heavy atom. The fourth-order valence-electron chi connectivity index (χ4n) is 0.599. The smallest absolute Gasteiger partial charge is 0.246 e. The van der Waals surface area contributed by atoms with E-state index >= 15 is 0 Å². The second-order valence-corrected chi connectivity index (χ2v) is 3.10.